The maximum absolute atomic E-state index is 2.54. The fourth-order valence-corrected chi connectivity index (χ4v) is 9.47. The summed E-state index contributed by atoms with van der Waals surface area (Å²) in [6.45, 7) is 9.49. The summed E-state index contributed by atoms with van der Waals surface area (Å²) in [7, 11) is 0. The van der Waals surface area contributed by atoms with E-state index >= 15 is 0 Å². The van der Waals surface area contributed by atoms with Gasteiger partial charge in [0, 0.05) is 27.5 Å². The van der Waals surface area contributed by atoms with Crippen LogP contribution in [0.15, 0.2) is 176 Å². The van der Waals surface area contributed by atoms with Crippen molar-refractivity contribution in [2.75, 3.05) is 4.90 Å². The van der Waals surface area contributed by atoms with Gasteiger partial charge >= 0.3 is 0 Å². The Labute approximate surface area is 312 Å². The highest BCUT2D eigenvalue weighted by Gasteiger charge is 2.39. The predicted molar refractivity (Wildman–Crippen MR) is 225 cm³/mol. The minimum Gasteiger partial charge on any atom is -0.309 e. The highest BCUT2D eigenvalue weighted by atomic mass is 15.1. The molecule has 53 heavy (non-hydrogen) atoms. The largest absolute Gasteiger partial charge is 0.309 e. The average molecular weight is 680 g/mol. The molecule has 2 aliphatic rings. The lowest BCUT2D eigenvalue weighted by Gasteiger charge is -2.32. The fraction of sp³-hybridized carbons (Fsp3) is 0.115. The van der Waals surface area contributed by atoms with Crippen molar-refractivity contribution in [1.82, 2.24) is 0 Å². The van der Waals surface area contributed by atoms with Crippen molar-refractivity contribution in [2.24, 2.45) is 0 Å². The zero-order valence-corrected chi connectivity index (χ0v) is 30.7. The van der Waals surface area contributed by atoms with Crippen LogP contribution in [0.25, 0.3) is 55.3 Å². The summed E-state index contributed by atoms with van der Waals surface area (Å²) < 4.78 is 0. The molecule has 254 valence electrons. The summed E-state index contributed by atoms with van der Waals surface area (Å²) in [5.74, 6) is 0. The Morgan fingerprint density at radius 2 is 0.906 bits per heavy atom. The molecule has 0 saturated carbocycles. The van der Waals surface area contributed by atoms with Gasteiger partial charge in [-0.15, -0.1) is 0 Å². The lowest BCUT2D eigenvalue weighted by molar-refractivity contribution is 0.660. The van der Waals surface area contributed by atoms with Crippen molar-refractivity contribution in [1.29, 1.82) is 0 Å². The molecule has 0 atom stereocenters. The van der Waals surface area contributed by atoms with Crippen LogP contribution < -0.4 is 4.90 Å². The number of rotatable bonds is 5. The minimum atomic E-state index is -0.128. The van der Waals surface area contributed by atoms with Crippen molar-refractivity contribution in [3.63, 3.8) is 0 Å². The van der Waals surface area contributed by atoms with Crippen molar-refractivity contribution in [3.8, 4) is 44.5 Å². The van der Waals surface area contributed by atoms with Crippen LogP contribution in [-0.4, -0.2) is 0 Å². The van der Waals surface area contributed by atoms with E-state index in [9.17, 15) is 0 Å². The normalized spacial score (nSPS) is 14.3. The van der Waals surface area contributed by atoms with Gasteiger partial charge in [-0.3, -0.25) is 0 Å². The summed E-state index contributed by atoms with van der Waals surface area (Å²) in [4.78, 5) is 2.54. The van der Waals surface area contributed by atoms with E-state index in [1.807, 2.05) is 0 Å². The molecule has 0 heterocycles. The monoisotopic (exact) mass is 679 g/mol. The van der Waals surface area contributed by atoms with E-state index in [0.29, 0.717) is 0 Å². The molecule has 0 saturated heterocycles. The molecule has 0 radical (unpaired) electrons. The fourth-order valence-electron chi connectivity index (χ4n) is 9.47. The second-order valence-electron chi connectivity index (χ2n) is 15.7. The van der Waals surface area contributed by atoms with E-state index in [-0.39, 0.29) is 10.8 Å². The van der Waals surface area contributed by atoms with Gasteiger partial charge in [-0.2, -0.15) is 0 Å². The molecule has 10 rings (SSSR count). The third-order valence-electron chi connectivity index (χ3n) is 12.1. The molecule has 0 bridgehead atoms. The molecule has 0 N–H and O–H groups in total. The molecule has 8 aromatic carbocycles. The number of hydrogen-bond acceptors (Lipinski definition) is 1. The minimum absolute atomic E-state index is 0.111. The van der Waals surface area contributed by atoms with Gasteiger partial charge < -0.3 is 4.90 Å². The Bertz CT molecular complexity index is 2730. The highest BCUT2D eigenvalue weighted by molar-refractivity contribution is 6.07. The van der Waals surface area contributed by atoms with E-state index in [0.717, 1.165) is 17.1 Å². The van der Waals surface area contributed by atoms with Gasteiger partial charge in [-0.05, 0) is 90.8 Å². The van der Waals surface area contributed by atoms with E-state index in [1.54, 1.807) is 0 Å². The van der Waals surface area contributed by atoms with Gasteiger partial charge in [0.15, 0.2) is 0 Å². The molecule has 1 heteroatoms. The second kappa shape index (κ2) is 11.7. The predicted octanol–water partition coefficient (Wildman–Crippen LogP) is 14.3. The van der Waals surface area contributed by atoms with Crippen molar-refractivity contribution < 1.29 is 0 Å². The van der Waals surface area contributed by atoms with Crippen LogP contribution in [0.5, 0.6) is 0 Å². The molecule has 0 aromatic heterocycles. The lowest BCUT2D eigenvalue weighted by atomic mass is 9.81. The Morgan fingerprint density at radius 3 is 1.74 bits per heavy atom. The zero-order chi connectivity index (χ0) is 35.9. The highest BCUT2D eigenvalue weighted by Crippen LogP contribution is 2.56. The van der Waals surface area contributed by atoms with E-state index < -0.39 is 0 Å². The van der Waals surface area contributed by atoms with Crippen molar-refractivity contribution >= 4 is 27.8 Å². The number of hydrogen-bond donors (Lipinski definition) is 0. The Kier molecular flexibility index (Phi) is 6.94. The summed E-state index contributed by atoms with van der Waals surface area (Å²) in [6, 6.07) is 65.4. The maximum Gasteiger partial charge on any atom is 0.0546 e. The maximum atomic E-state index is 2.54. The average Bonchev–Trinajstić information content (AvgIpc) is 3.58. The van der Waals surface area contributed by atoms with E-state index in [2.05, 4.69) is 209 Å². The third kappa shape index (κ3) is 4.63. The SMILES string of the molecule is CC1(C)c2ccccc2-c2ccc(N(c3cccc(-c4ccccc4)c3-c3cccc4c3-c3ccccc3C4(C)C)c3cccc4ccccc34)cc21. The Hall–Kier alpha value is -6.18. The van der Waals surface area contributed by atoms with Crippen LogP contribution in [0.1, 0.15) is 49.9 Å². The van der Waals surface area contributed by atoms with E-state index in [4.69, 9.17) is 0 Å². The summed E-state index contributed by atoms with van der Waals surface area (Å²) >= 11 is 0. The molecule has 8 aromatic rings. The van der Waals surface area contributed by atoms with Gasteiger partial charge in [0.05, 0.1) is 11.4 Å². The summed E-state index contributed by atoms with van der Waals surface area (Å²) in [6.07, 6.45) is 0. The Morgan fingerprint density at radius 1 is 0.358 bits per heavy atom. The molecule has 0 amide bonds. The van der Waals surface area contributed by atoms with Gasteiger partial charge in [-0.25, -0.2) is 0 Å². The number of benzene rings is 8. The first-order valence-corrected chi connectivity index (χ1v) is 18.8. The second-order valence-corrected chi connectivity index (χ2v) is 15.7. The molecule has 0 unspecified atom stereocenters. The van der Waals surface area contributed by atoms with Crippen molar-refractivity contribution in [2.45, 2.75) is 38.5 Å². The van der Waals surface area contributed by atoms with Gasteiger partial charge in [0.1, 0.15) is 0 Å². The molecular formula is C52H41N. The van der Waals surface area contributed by atoms with Gasteiger partial charge in [-0.1, -0.05) is 179 Å². The summed E-state index contributed by atoms with van der Waals surface area (Å²) in [5, 5.41) is 2.44. The van der Waals surface area contributed by atoms with Crippen LogP contribution >= 0.6 is 0 Å². The summed E-state index contributed by atoms with van der Waals surface area (Å²) in [5.41, 5.74) is 19.0. The van der Waals surface area contributed by atoms with Gasteiger partial charge in [0.2, 0.25) is 0 Å². The van der Waals surface area contributed by atoms with E-state index in [1.165, 1.54) is 77.5 Å². The number of nitrogens with zero attached hydrogens (tertiary/aromatic N) is 1. The van der Waals surface area contributed by atoms with Crippen LogP contribution in [0, 0.1) is 0 Å². The first-order valence-electron chi connectivity index (χ1n) is 18.8. The smallest absolute Gasteiger partial charge is 0.0546 e. The first-order chi connectivity index (χ1) is 25.8. The van der Waals surface area contributed by atoms with Gasteiger partial charge in [0.25, 0.3) is 0 Å². The number of anilines is 3. The molecule has 0 aliphatic heterocycles. The van der Waals surface area contributed by atoms with Crippen LogP contribution in [0.3, 0.4) is 0 Å². The van der Waals surface area contributed by atoms with Crippen LogP contribution in [0.2, 0.25) is 0 Å². The number of fused-ring (bicyclic) bond motifs is 7. The quantitative estimate of drug-likeness (QED) is 0.175. The molecular weight excluding hydrogens is 639 g/mol. The molecule has 0 spiro atoms. The van der Waals surface area contributed by atoms with Crippen LogP contribution in [0.4, 0.5) is 17.1 Å². The van der Waals surface area contributed by atoms with Crippen LogP contribution in [-0.2, 0) is 10.8 Å². The first kappa shape index (κ1) is 31.5. The van der Waals surface area contributed by atoms with Crippen molar-refractivity contribution in [3.05, 3.63) is 198 Å². The zero-order valence-electron chi connectivity index (χ0n) is 30.7. The molecule has 1 nitrogen and oxygen atoms in total. The molecule has 0 fully saturated rings. The topological polar surface area (TPSA) is 3.24 Å². The Balaban J connectivity index is 1.32. The lowest BCUT2D eigenvalue weighted by Crippen LogP contribution is -2.17. The third-order valence-corrected chi connectivity index (χ3v) is 12.1. The molecule has 2 aliphatic carbocycles. The standard InChI is InChI=1S/C52H41N/c1-51(2)44-27-13-11-23-41(44)49-42(25-15-28-45(49)51)50-38(35-17-6-5-7-18-35)24-16-30-48(50)53(47-29-14-20-34-19-8-9-21-37(34)47)36-31-32-40-39-22-10-12-26-43(39)52(3,4)46(40)33-36/h5-33H,1-4H3.